The normalized spacial score (nSPS) is 31.4. The number of carbonyl (C=O) groups is 1. The first-order chi connectivity index (χ1) is 9.69. The number of benzene rings is 1. The molecule has 1 aromatic rings. The van der Waals surface area contributed by atoms with E-state index in [0.29, 0.717) is 6.42 Å². The van der Waals surface area contributed by atoms with E-state index in [1.165, 1.54) is 0 Å². The molecule has 0 aliphatic carbocycles. The highest BCUT2D eigenvalue weighted by atomic mass is 16.5. The minimum atomic E-state index is -0.823. The van der Waals surface area contributed by atoms with E-state index >= 15 is 0 Å². The quantitative estimate of drug-likeness (QED) is 0.750. The number of carboxylic acid groups (broad SMARTS) is 1. The van der Waals surface area contributed by atoms with Gasteiger partial charge in [0.05, 0.1) is 31.6 Å². The first-order valence-electron chi connectivity index (χ1n) is 6.59. The average Bonchev–Trinajstić information content (AvgIpc) is 2.94. The second kappa shape index (κ2) is 5.13. The van der Waals surface area contributed by atoms with Crippen molar-refractivity contribution in [3.8, 4) is 5.75 Å². The van der Waals surface area contributed by atoms with E-state index in [4.69, 9.17) is 4.74 Å². The predicted molar refractivity (Wildman–Crippen MR) is 74.1 cm³/mol. The summed E-state index contributed by atoms with van der Waals surface area (Å²) in [4.78, 5) is 15.7. The number of hydrogen-bond acceptors (Lipinski definition) is 5. The molecule has 3 rings (SSSR count). The van der Waals surface area contributed by atoms with Crippen LogP contribution in [-0.2, 0) is 4.79 Å². The Morgan fingerprint density at radius 1 is 1.40 bits per heavy atom. The van der Waals surface area contributed by atoms with Crippen LogP contribution in [-0.4, -0.2) is 42.6 Å². The van der Waals surface area contributed by atoms with Crippen LogP contribution in [0.4, 0.5) is 0 Å². The van der Waals surface area contributed by atoms with Gasteiger partial charge in [-0.3, -0.25) is 15.1 Å². The molecule has 6 nitrogen and oxygen atoms in total. The highest BCUT2D eigenvalue weighted by Crippen LogP contribution is 2.31. The Bertz CT molecular complexity index is 529. The van der Waals surface area contributed by atoms with Gasteiger partial charge >= 0.3 is 5.97 Å². The maximum atomic E-state index is 11.3. The number of nitrogens with zero attached hydrogens (tertiary/aromatic N) is 1. The third-order valence-electron chi connectivity index (χ3n) is 3.93. The SMILES string of the molecule is COc1ccc([C@@H]2N[C@H](C(=O)O)C[C@H]3NC=N[C@H]32)cc1. The number of piperidine rings is 1. The standard InChI is InChI=1S/C14H17N3O3/c1-20-9-4-2-8(3-5-9)12-13-10(15-7-16-13)6-11(17-12)14(18)19/h2-5,7,10-13,17H,6H2,1H3,(H,15,16)(H,18,19)/t10-,11+,12+,13-/m1/s1. The number of nitrogens with one attached hydrogen (secondary N) is 2. The van der Waals surface area contributed by atoms with Crippen LogP contribution in [0.25, 0.3) is 0 Å². The summed E-state index contributed by atoms with van der Waals surface area (Å²) < 4.78 is 5.15. The fraction of sp³-hybridized carbons (Fsp3) is 0.429. The fourth-order valence-electron chi connectivity index (χ4n) is 2.87. The zero-order chi connectivity index (χ0) is 14.1. The lowest BCUT2D eigenvalue weighted by Gasteiger charge is -2.37. The summed E-state index contributed by atoms with van der Waals surface area (Å²) in [6, 6.07) is 7.09. The molecule has 2 aliphatic heterocycles. The number of fused-ring (bicyclic) bond motifs is 1. The van der Waals surface area contributed by atoms with Gasteiger partial charge in [0.15, 0.2) is 0 Å². The molecular weight excluding hydrogens is 258 g/mol. The molecule has 0 spiro atoms. The topological polar surface area (TPSA) is 83.0 Å². The summed E-state index contributed by atoms with van der Waals surface area (Å²) in [5, 5.41) is 15.6. The van der Waals surface area contributed by atoms with Gasteiger partial charge in [-0.2, -0.15) is 0 Å². The number of methoxy groups -OCH3 is 1. The molecule has 0 saturated carbocycles. The van der Waals surface area contributed by atoms with Crippen molar-refractivity contribution >= 4 is 12.3 Å². The van der Waals surface area contributed by atoms with E-state index in [2.05, 4.69) is 15.6 Å². The van der Waals surface area contributed by atoms with Crippen LogP contribution in [0.1, 0.15) is 18.0 Å². The van der Waals surface area contributed by atoms with Crippen LogP contribution in [0, 0.1) is 0 Å². The minimum absolute atomic E-state index is 0.0268. The second-order valence-electron chi connectivity index (χ2n) is 5.09. The average molecular weight is 275 g/mol. The van der Waals surface area contributed by atoms with Gasteiger partial charge in [0.1, 0.15) is 11.8 Å². The van der Waals surface area contributed by atoms with Crippen LogP contribution < -0.4 is 15.4 Å². The lowest BCUT2D eigenvalue weighted by molar-refractivity contribution is -0.140. The molecule has 1 fully saturated rings. The van der Waals surface area contributed by atoms with Crippen LogP contribution in [0.2, 0.25) is 0 Å². The first kappa shape index (κ1) is 12.9. The number of hydrogen-bond donors (Lipinski definition) is 3. The van der Waals surface area contributed by atoms with E-state index < -0.39 is 12.0 Å². The van der Waals surface area contributed by atoms with Crippen LogP contribution in [0.5, 0.6) is 5.75 Å². The Kier molecular flexibility index (Phi) is 3.31. The second-order valence-corrected chi connectivity index (χ2v) is 5.09. The van der Waals surface area contributed by atoms with E-state index in [9.17, 15) is 9.90 Å². The number of aliphatic imine (C=N–C) groups is 1. The van der Waals surface area contributed by atoms with Gasteiger partial charge in [-0.15, -0.1) is 0 Å². The van der Waals surface area contributed by atoms with Crippen molar-refractivity contribution in [2.75, 3.05) is 7.11 Å². The summed E-state index contributed by atoms with van der Waals surface area (Å²) >= 11 is 0. The molecule has 1 aromatic carbocycles. The summed E-state index contributed by atoms with van der Waals surface area (Å²) in [6.45, 7) is 0. The van der Waals surface area contributed by atoms with Crippen molar-refractivity contribution in [2.24, 2.45) is 4.99 Å². The van der Waals surface area contributed by atoms with Gasteiger partial charge in [0, 0.05) is 0 Å². The van der Waals surface area contributed by atoms with Crippen LogP contribution >= 0.6 is 0 Å². The van der Waals surface area contributed by atoms with Crippen molar-refractivity contribution in [1.29, 1.82) is 0 Å². The highest BCUT2D eigenvalue weighted by Gasteiger charge is 2.42. The molecule has 0 amide bonds. The van der Waals surface area contributed by atoms with Gasteiger partial charge in [-0.25, -0.2) is 0 Å². The molecule has 0 radical (unpaired) electrons. The monoisotopic (exact) mass is 275 g/mol. The number of aliphatic carboxylic acids is 1. The maximum absolute atomic E-state index is 11.3. The molecular formula is C14H17N3O3. The van der Waals surface area contributed by atoms with Crippen molar-refractivity contribution < 1.29 is 14.6 Å². The molecule has 6 heteroatoms. The molecule has 3 N–H and O–H groups in total. The lowest BCUT2D eigenvalue weighted by Crippen LogP contribution is -2.55. The summed E-state index contributed by atoms with van der Waals surface area (Å²) in [5.41, 5.74) is 1.02. The van der Waals surface area contributed by atoms with Crippen LogP contribution in [0.3, 0.4) is 0 Å². The molecule has 1 saturated heterocycles. The van der Waals surface area contributed by atoms with E-state index in [0.717, 1.165) is 11.3 Å². The number of carboxylic acids is 1. The zero-order valence-electron chi connectivity index (χ0n) is 11.1. The minimum Gasteiger partial charge on any atom is -0.497 e. The van der Waals surface area contributed by atoms with Crippen molar-refractivity contribution in [3.63, 3.8) is 0 Å². The summed E-state index contributed by atoms with van der Waals surface area (Å²) in [7, 11) is 1.62. The van der Waals surface area contributed by atoms with Gasteiger partial charge in [0.2, 0.25) is 0 Å². The van der Waals surface area contributed by atoms with Gasteiger partial charge < -0.3 is 15.2 Å². The van der Waals surface area contributed by atoms with E-state index in [1.54, 1.807) is 13.4 Å². The lowest BCUT2D eigenvalue weighted by atomic mass is 9.86. The van der Waals surface area contributed by atoms with Gasteiger partial charge in [-0.1, -0.05) is 12.1 Å². The Balaban J connectivity index is 1.87. The predicted octanol–water partition coefficient (Wildman–Crippen LogP) is 0.552. The van der Waals surface area contributed by atoms with Gasteiger partial charge in [-0.05, 0) is 24.1 Å². The fourth-order valence-corrected chi connectivity index (χ4v) is 2.87. The Morgan fingerprint density at radius 3 is 2.80 bits per heavy atom. The van der Waals surface area contributed by atoms with Crippen molar-refractivity contribution in [2.45, 2.75) is 30.6 Å². The van der Waals surface area contributed by atoms with E-state index in [-0.39, 0.29) is 18.1 Å². The van der Waals surface area contributed by atoms with Gasteiger partial charge in [0.25, 0.3) is 0 Å². The number of rotatable bonds is 3. The zero-order valence-corrected chi connectivity index (χ0v) is 11.1. The molecule has 0 unspecified atom stereocenters. The van der Waals surface area contributed by atoms with Crippen molar-refractivity contribution in [1.82, 2.24) is 10.6 Å². The molecule has 0 aromatic heterocycles. The highest BCUT2D eigenvalue weighted by molar-refractivity contribution is 5.74. The third kappa shape index (κ3) is 2.22. The Morgan fingerprint density at radius 2 is 2.15 bits per heavy atom. The maximum Gasteiger partial charge on any atom is 0.320 e. The molecule has 106 valence electrons. The van der Waals surface area contributed by atoms with E-state index in [1.807, 2.05) is 24.3 Å². The van der Waals surface area contributed by atoms with Crippen LogP contribution in [0.15, 0.2) is 29.3 Å². The molecule has 20 heavy (non-hydrogen) atoms. The Labute approximate surface area is 116 Å². The molecule has 4 atom stereocenters. The Hall–Kier alpha value is -2.08. The molecule has 0 bridgehead atoms. The molecule has 2 heterocycles. The van der Waals surface area contributed by atoms with Crippen molar-refractivity contribution in [3.05, 3.63) is 29.8 Å². The largest absolute Gasteiger partial charge is 0.497 e. The first-order valence-corrected chi connectivity index (χ1v) is 6.59. The third-order valence-corrected chi connectivity index (χ3v) is 3.93. The number of ether oxygens (including phenoxy) is 1. The molecule has 2 aliphatic rings. The summed E-state index contributed by atoms with van der Waals surface area (Å²) in [6.07, 6.45) is 2.21. The smallest absolute Gasteiger partial charge is 0.320 e. The summed E-state index contributed by atoms with van der Waals surface area (Å²) in [5.74, 6) is -0.0420.